The van der Waals surface area contributed by atoms with Gasteiger partial charge in [0, 0.05) is 44.5 Å². The molecule has 6 heteroatoms. The zero-order chi connectivity index (χ0) is 17.6. The highest BCUT2D eigenvalue weighted by Crippen LogP contribution is 2.18. The molecule has 0 saturated carbocycles. The van der Waals surface area contributed by atoms with Gasteiger partial charge in [-0.25, -0.2) is 4.39 Å². The van der Waals surface area contributed by atoms with E-state index in [1.165, 1.54) is 6.07 Å². The van der Waals surface area contributed by atoms with Gasteiger partial charge in [0.05, 0.1) is 6.10 Å². The van der Waals surface area contributed by atoms with Crippen molar-refractivity contribution in [2.45, 2.75) is 12.5 Å². The van der Waals surface area contributed by atoms with Crippen molar-refractivity contribution >= 4 is 5.91 Å². The van der Waals surface area contributed by atoms with Gasteiger partial charge in [0.15, 0.2) is 0 Å². The highest BCUT2D eigenvalue weighted by Gasteiger charge is 2.23. The Morgan fingerprint density at radius 1 is 1.12 bits per heavy atom. The van der Waals surface area contributed by atoms with E-state index in [-0.39, 0.29) is 5.91 Å². The van der Waals surface area contributed by atoms with Crippen molar-refractivity contribution in [2.24, 2.45) is 0 Å². The number of hydrogen-bond donors (Lipinski definition) is 1. The van der Waals surface area contributed by atoms with Crippen molar-refractivity contribution in [2.75, 3.05) is 32.7 Å². The minimum absolute atomic E-state index is 0.0721. The third-order valence-electron chi connectivity index (χ3n) is 4.46. The van der Waals surface area contributed by atoms with Crippen LogP contribution in [-0.4, -0.2) is 58.5 Å². The molecule has 2 heterocycles. The number of carbonyl (C=O) groups is 1. The average molecular weight is 343 g/mol. The first-order valence-corrected chi connectivity index (χ1v) is 8.50. The van der Waals surface area contributed by atoms with E-state index in [1.807, 2.05) is 0 Å². The minimum atomic E-state index is -0.876. The molecule has 0 spiro atoms. The quantitative estimate of drug-likeness (QED) is 0.924. The number of aliphatic hydroxyl groups excluding tert-OH is 1. The number of aromatic nitrogens is 1. The fourth-order valence-corrected chi connectivity index (χ4v) is 3.10. The van der Waals surface area contributed by atoms with Crippen molar-refractivity contribution in [1.29, 1.82) is 0 Å². The number of nitrogens with zero attached hydrogens (tertiary/aromatic N) is 3. The third kappa shape index (κ3) is 4.41. The summed E-state index contributed by atoms with van der Waals surface area (Å²) >= 11 is 0. The van der Waals surface area contributed by atoms with Crippen LogP contribution in [-0.2, 0) is 0 Å². The Bertz CT molecular complexity index is 711. The lowest BCUT2D eigenvalue weighted by Crippen LogP contribution is -2.36. The predicted molar refractivity (Wildman–Crippen MR) is 92.6 cm³/mol. The van der Waals surface area contributed by atoms with Crippen molar-refractivity contribution in [3.63, 3.8) is 0 Å². The van der Waals surface area contributed by atoms with Gasteiger partial charge in [-0.3, -0.25) is 14.7 Å². The van der Waals surface area contributed by atoms with Gasteiger partial charge in [-0.15, -0.1) is 0 Å². The third-order valence-corrected chi connectivity index (χ3v) is 4.46. The Morgan fingerprint density at radius 2 is 1.92 bits per heavy atom. The lowest BCUT2D eigenvalue weighted by Gasteiger charge is -2.24. The fraction of sp³-hybridized carbons (Fsp3) is 0.368. The molecule has 1 aliphatic rings. The first-order chi connectivity index (χ1) is 12.1. The molecule has 1 fully saturated rings. The molecule has 1 unspecified atom stereocenters. The van der Waals surface area contributed by atoms with E-state index in [9.17, 15) is 14.3 Å². The van der Waals surface area contributed by atoms with E-state index in [0.717, 1.165) is 13.0 Å². The van der Waals surface area contributed by atoms with Crippen molar-refractivity contribution in [3.8, 4) is 0 Å². The molecule has 1 atom stereocenters. The van der Waals surface area contributed by atoms with Crippen molar-refractivity contribution < 1.29 is 14.3 Å². The molecular formula is C19H22FN3O2. The number of hydrogen-bond acceptors (Lipinski definition) is 4. The van der Waals surface area contributed by atoms with Crippen LogP contribution in [0.25, 0.3) is 0 Å². The summed E-state index contributed by atoms with van der Waals surface area (Å²) in [7, 11) is 0. The SMILES string of the molecule is O=C(c1ccccn1)N1CCCN(CC(O)c2ccccc2F)CC1. The second-order valence-electron chi connectivity index (χ2n) is 6.20. The molecule has 1 aromatic heterocycles. The van der Waals surface area contributed by atoms with Gasteiger partial charge in [-0.05, 0) is 24.6 Å². The summed E-state index contributed by atoms with van der Waals surface area (Å²) in [6.07, 6.45) is 1.55. The molecule has 2 aromatic rings. The number of aliphatic hydroxyl groups is 1. The molecule has 25 heavy (non-hydrogen) atoms. The van der Waals surface area contributed by atoms with Gasteiger partial charge in [-0.2, -0.15) is 0 Å². The molecule has 1 aromatic carbocycles. The molecule has 0 aliphatic carbocycles. The highest BCUT2D eigenvalue weighted by molar-refractivity contribution is 5.92. The lowest BCUT2D eigenvalue weighted by molar-refractivity contribution is 0.0748. The summed E-state index contributed by atoms with van der Waals surface area (Å²) in [4.78, 5) is 20.5. The first kappa shape index (κ1) is 17.5. The number of rotatable bonds is 4. The Labute approximate surface area is 146 Å². The maximum atomic E-state index is 13.8. The number of carbonyl (C=O) groups excluding carboxylic acids is 1. The molecule has 1 N–H and O–H groups in total. The highest BCUT2D eigenvalue weighted by atomic mass is 19.1. The molecule has 3 rings (SSSR count). The predicted octanol–water partition coefficient (Wildman–Crippen LogP) is 2.10. The maximum absolute atomic E-state index is 13.8. The summed E-state index contributed by atoms with van der Waals surface area (Å²) in [5.41, 5.74) is 0.760. The van der Waals surface area contributed by atoms with Gasteiger partial charge in [-0.1, -0.05) is 24.3 Å². The summed E-state index contributed by atoms with van der Waals surface area (Å²) in [5.74, 6) is -0.464. The second kappa shape index (κ2) is 8.18. The van der Waals surface area contributed by atoms with E-state index in [1.54, 1.807) is 47.5 Å². The molecule has 1 amide bonds. The van der Waals surface area contributed by atoms with E-state index >= 15 is 0 Å². The molecular weight excluding hydrogens is 321 g/mol. The van der Waals surface area contributed by atoms with Crippen LogP contribution in [0.3, 0.4) is 0 Å². The standard InChI is InChI=1S/C19H22FN3O2/c20-16-7-2-1-6-15(16)18(24)14-22-10-5-11-23(13-12-22)19(25)17-8-3-4-9-21-17/h1-4,6-9,18,24H,5,10-14H2. The van der Waals surface area contributed by atoms with Gasteiger partial charge in [0.1, 0.15) is 11.5 Å². The van der Waals surface area contributed by atoms with Crippen molar-refractivity contribution in [3.05, 3.63) is 65.7 Å². The van der Waals surface area contributed by atoms with Crippen LogP contribution < -0.4 is 0 Å². The summed E-state index contributed by atoms with van der Waals surface area (Å²) in [6.45, 7) is 2.98. The summed E-state index contributed by atoms with van der Waals surface area (Å²) in [6, 6.07) is 11.6. The topological polar surface area (TPSA) is 56.7 Å². The van der Waals surface area contributed by atoms with Gasteiger partial charge >= 0.3 is 0 Å². The molecule has 1 saturated heterocycles. The first-order valence-electron chi connectivity index (χ1n) is 8.50. The van der Waals surface area contributed by atoms with Gasteiger partial charge < -0.3 is 10.0 Å². The number of amides is 1. The average Bonchev–Trinajstić information content (AvgIpc) is 2.88. The van der Waals surface area contributed by atoms with Crippen molar-refractivity contribution in [1.82, 2.24) is 14.8 Å². The fourth-order valence-electron chi connectivity index (χ4n) is 3.10. The molecule has 0 bridgehead atoms. The van der Waals surface area contributed by atoms with Crippen LogP contribution in [0, 0.1) is 5.82 Å². The number of benzene rings is 1. The zero-order valence-corrected chi connectivity index (χ0v) is 14.0. The smallest absolute Gasteiger partial charge is 0.272 e. The second-order valence-corrected chi connectivity index (χ2v) is 6.20. The van der Waals surface area contributed by atoms with Crippen LogP contribution in [0.5, 0.6) is 0 Å². The van der Waals surface area contributed by atoms with Crippen LogP contribution in [0.1, 0.15) is 28.6 Å². The van der Waals surface area contributed by atoms with E-state index in [0.29, 0.717) is 37.4 Å². The summed E-state index contributed by atoms with van der Waals surface area (Å²) < 4.78 is 13.8. The Kier molecular flexibility index (Phi) is 5.73. The Hall–Kier alpha value is -2.31. The molecule has 5 nitrogen and oxygen atoms in total. The van der Waals surface area contributed by atoms with E-state index in [2.05, 4.69) is 9.88 Å². The number of β-amino-alcohol motifs (C(OH)–C–C–N with tert-alkyl or cyclic N) is 1. The largest absolute Gasteiger partial charge is 0.387 e. The minimum Gasteiger partial charge on any atom is -0.387 e. The number of halogens is 1. The van der Waals surface area contributed by atoms with Gasteiger partial charge in [0.25, 0.3) is 5.91 Å². The van der Waals surface area contributed by atoms with E-state index in [4.69, 9.17) is 0 Å². The zero-order valence-electron chi connectivity index (χ0n) is 14.0. The lowest BCUT2D eigenvalue weighted by atomic mass is 10.1. The van der Waals surface area contributed by atoms with Gasteiger partial charge in [0.2, 0.25) is 0 Å². The summed E-state index contributed by atoms with van der Waals surface area (Å²) in [5, 5.41) is 10.3. The van der Waals surface area contributed by atoms with Crippen LogP contribution >= 0.6 is 0 Å². The Balaban J connectivity index is 1.58. The van der Waals surface area contributed by atoms with Crippen LogP contribution in [0.2, 0.25) is 0 Å². The molecule has 0 radical (unpaired) electrons. The van der Waals surface area contributed by atoms with Crippen LogP contribution in [0.4, 0.5) is 4.39 Å². The maximum Gasteiger partial charge on any atom is 0.272 e. The molecule has 1 aliphatic heterocycles. The normalized spacial score (nSPS) is 17.1. The van der Waals surface area contributed by atoms with Crippen LogP contribution in [0.15, 0.2) is 48.7 Å². The monoisotopic (exact) mass is 343 g/mol. The molecule has 132 valence electrons. The van der Waals surface area contributed by atoms with E-state index < -0.39 is 11.9 Å². The number of pyridine rings is 1. The Morgan fingerprint density at radius 3 is 2.68 bits per heavy atom.